The summed E-state index contributed by atoms with van der Waals surface area (Å²) in [7, 11) is 1.71. The van der Waals surface area contributed by atoms with E-state index >= 15 is 0 Å². The molecule has 9 heteroatoms. The highest BCUT2D eigenvalue weighted by atomic mass is 19.1. The molecular weight excluding hydrogens is 389 g/mol. The molecule has 1 aliphatic heterocycles. The number of benzene rings is 1. The number of nitrogens with zero attached hydrogens (tertiary/aromatic N) is 4. The fourth-order valence-electron chi connectivity index (χ4n) is 3.43. The lowest BCUT2D eigenvalue weighted by atomic mass is 10.0. The predicted octanol–water partition coefficient (Wildman–Crippen LogP) is 3.12. The number of fused-ring (bicyclic) bond motifs is 5. The average molecular weight is 409 g/mol. The summed E-state index contributed by atoms with van der Waals surface area (Å²) in [5.41, 5.74) is 8.94. The van der Waals surface area contributed by atoms with Crippen molar-refractivity contribution in [3.05, 3.63) is 53.2 Å². The van der Waals surface area contributed by atoms with Gasteiger partial charge in [0.25, 0.3) is 0 Å². The first-order valence-electron chi connectivity index (χ1n) is 9.36. The Morgan fingerprint density at radius 1 is 1.30 bits per heavy atom. The second kappa shape index (κ2) is 8.00. The Bertz CT molecular complexity index is 1140. The molecule has 0 saturated carbocycles. The van der Waals surface area contributed by atoms with E-state index < -0.39 is 11.9 Å². The van der Waals surface area contributed by atoms with Crippen LogP contribution in [0.15, 0.2) is 30.5 Å². The number of rotatable bonds is 0. The van der Waals surface area contributed by atoms with Gasteiger partial charge in [-0.2, -0.15) is 10.4 Å². The van der Waals surface area contributed by atoms with Crippen LogP contribution in [0.4, 0.5) is 10.2 Å². The zero-order valence-corrected chi connectivity index (χ0v) is 16.6. The van der Waals surface area contributed by atoms with Crippen molar-refractivity contribution < 1.29 is 18.6 Å². The number of hydrogen-bond donors (Lipinski definition) is 1. The van der Waals surface area contributed by atoms with Gasteiger partial charge in [0.2, 0.25) is 0 Å². The van der Waals surface area contributed by atoms with Crippen LogP contribution in [-0.2, 0) is 18.2 Å². The number of anilines is 1. The monoisotopic (exact) mass is 409 g/mol. The topological polar surface area (TPSA) is 108 Å². The van der Waals surface area contributed by atoms with Crippen LogP contribution in [0.5, 0.6) is 11.5 Å². The summed E-state index contributed by atoms with van der Waals surface area (Å²) in [6.07, 6.45) is 1.46. The van der Waals surface area contributed by atoms with E-state index in [4.69, 9.17) is 19.9 Å². The number of nitrogens with two attached hydrogens (primary N) is 1. The molecule has 0 amide bonds. The first-order valence-corrected chi connectivity index (χ1v) is 9.36. The molecule has 0 unspecified atom stereocenters. The van der Waals surface area contributed by atoms with E-state index in [1.165, 1.54) is 22.9 Å². The molecule has 0 saturated heterocycles. The third kappa shape index (κ3) is 3.65. The standard InChI is InChI=1S/C21H20FN5O3/c1-12-15-8-14(22)3-4-18(15)29-11-28-6-5-16-20(17(9-23)27(2)26-16)13-7-19(30-12)21(24)25-10-13/h3-4,7-8,10,12H,5-6,11H2,1-2H3,(H2,24,25)/t12-/m1/s1. The molecular formula is C21H20FN5O3. The number of ether oxygens (including phenoxy) is 3. The molecule has 30 heavy (non-hydrogen) atoms. The van der Waals surface area contributed by atoms with Crippen molar-refractivity contribution in [2.24, 2.45) is 7.05 Å². The number of hydrogen-bond acceptors (Lipinski definition) is 7. The van der Waals surface area contributed by atoms with Crippen LogP contribution in [0.1, 0.15) is 30.0 Å². The number of aromatic nitrogens is 3. The largest absolute Gasteiger partial charge is 0.482 e. The van der Waals surface area contributed by atoms with E-state index in [-0.39, 0.29) is 12.6 Å². The molecule has 0 fully saturated rings. The third-order valence-corrected chi connectivity index (χ3v) is 4.89. The highest BCUT2D eigenvalue weighted by molar-refractivity contribution is 5.73. The van der Waals surface area contributed by atoms with Gasteiger partial charge < -0.3 is 19.9 Å². The van der Waals surface area contributed by atoms with Gasteiger partial charge in [-0.25, -0.2) is 9.37 Å². The number of nitriles is 1. The lowest BCUT2D eigenvalue weighted by Gasteiger charge is -2.20. The second-order valence-corrected chi connectivity index (χ2v) is 6.88. The number of nitrogen functional groups attached to an aromatic ring is 1. The van der Waals surface area contributed by atoms with Crippen LogP contribution in [0.2, 0.25) is 0 Å². The van der Waals surface area contributed by atoms with E-state index in [1.54, 1.807) is 26.2 Å². The molecule has 2 N–H and O–H groups in total. The van der Waals surface area contributed by atoms with Crippen LogP contribution >= 0.6 is 0 Å². The molecule has 0 radical (unpaired) electrons. The minimum Gasteiger partial charge on any atom is -0.482 e. The van der Waals surface area contributed by atoms with Crippen molar-refractivity contribution in [2.75, 3.05) is 19.1 Å². The molecule has 154 valence electrons. The summed E-state index contributed by atoms with van der Waals surface area (Å²) in [5, 5.41) is 14.1. The van der Waals surface area contributed by atoms with Gasteiger partial charge in [0.1, 0.15) is 29.4 Å². The predicted molar refractivity (Wildman–Crippen MR) is 106 cm³/mol. The zero-order chi connectivity index (χ0) is 21.3. The number of pyridine rings is 1. The van der Waals surface area contributed by atoms with E-state index in [0.29, 0.717) is 52.6 Å². The van der Waals surface area contributed by atoms with E-state index in [2.05, 4.69) is 16.2 Å². The quantitative estimate of drug-likeness (QED) is 0.608. The Morgan fingerprint density at radius 3 is 2.93 bits per heavy atom. The Kier molecular flexibility index (Phi) is 5.25. The Hall–Kier alpha value is -3.64. The maximum absolute atomic E-state index is 13.9. The molecule has 0 spiro atoms. The lowest BCUT2D eigenvalue weighted by molar-refractivity contribution is 0.0150. The average Bonchev–Trinajstić information content (AvgIpc) is 3.04. The van der Waals surface area contributed by atoms with Gasteiger partial charge in [0.15, 0.2) is 18.4 Å². The fourth-order valence-corrected chi connectivity index (χ4v) is 3.43. The summed E-state index contributed by atoms with van der Waals surface area (Å²) in [6, 6.07) is 8.10. The molecule has 2 bridgehead atoms. The highest BCUT2D eigenvalue weighted by Gasteiger charge is 2.22. The van der Waals surface area contributed by atoms with Gasteiger partial charge in [-0.15, -0.1) is 0 Å². The molecule has 3 heterocycles. The normalized spacial score (nSPS) is 16.3. The van der Waals surface area contributed by atoms with Crippen molar-refractivity contribution in [3.8, 4) is 28.7 Å². The highest BCUT2D eigenvalue weighted by Crippen LogP contribution is 2.36. The summed E-state index contributed by atoms with van der Waals surface area (Å²) >= 11 is 0. The van der Waals surface area contributed by atoms with Gasteiger partial charge in [-0.3, -0.25) is 4.68 Å². The summed E-state index contributed by atoms with van der Waals surface area (Å²) in [4.78, 5) is 4.23. The molecule has 8 nitrogen and oxygen atoms in total. The maximum Gasteiger partial charge on any atom is 0.189 e. The smallest absolute Gasteiger partial charge is 0.189 e. The van der Waals surface area contributed by atoms with E-state index in [9.17, 15) is 9.65 Å². The van der Waals surface area contributed by atoms with Crippen molar-refractivity contribution in [1.29, 1.82) is 5.26 Å². The molecule has 3 aromatic rings. The van der Waals surface area contributed by atoms with Crippen molar-refractivity contribution in [2.45, 2.75) is 19.4 Å². The van der Waals surface area contributed by atoms with Crippen LogP contribution in [0.3, 0.4) is 0 Å². The third-order valence-electron chi connectivity index (χ3n) is 4.89. The van der Waals surface area contributed by atoms with Gasteiger partial charge in [0, 0.05) is 36.4 Å². The lowest BCUT2D eigenvalue weighted by Crippen LogP contribution is -2.12. The van der Waals surface area contributed by atoms with Crippen molar-refractivity contribution >= 4 is 5.82 Å². The summed E-state index contributed by atoms with van der Waals surface area (Å²) < 4.78 is 32.7. The van der Waals surface area contributed by atoms with Crippen LogP contribution < -0.4 is 15.2 Å². The molecule has 1 atom stereocenters. The first kappa shape index (κ1) is 19.7. The molecule has 4 rings (SSSR count). The SMILES string of the molecule is C[C@H]1Oc2cc(cnc2N)-c2c(nn(C)c2C#N)CCOCOc2ccc(F)cc21. The van der Waals surface area contributed by atoms with Gasteiger partial charge in [-0.05, 0) is 31.2 Å². The van der Waals surface area contributed by atoms with E-state index in [1.807, 2.05) is 0 Å². The summed E-state index contributed by atoms with van der Waals surface area (Å²) in [5.74, 6) is 0.549. The fraction of sp³-hybridized carbons (Fsp3) is 0.286. The van der Waals surface area contributed by atoms with Crippen molar-refractivity contribution in [1.82, 2.24) is 14.8 Å². The summed E-state index contributed by atoms with van der Waals surface area (Å²) in [6.45, 7) is 2.07. The van der Waals surface area contributed by atoms with Gasteiger partial charge in [-0.1, -0.05) is 0 Å². The van der Waals surface area contributed by atoms with Crippen molar-refractivity contribution in [3.63, 3.8) is 0 Å². The molecule has 2 aromatic heterocycles. The van der Waals surface area contributed by atoms with Gasteiger partial charge >= 0.3 is 0 Å². The zero-order valence-electron chi connectivity index (χ0n) is 16.6. The minimum atomic E-state index is -0.582. The minimum absolute atomic E-state index is 0.0202. The van der Waals surface area contributed by atoms with Crippen LogP contribution in [0.25, 0.3) is 11.1 Å². The second-order valence-electron chi connectivity index (χ2n) is 6.88. The maximum atomic E-state index is 13.9. The van der Waals surface area contributed by atoms with Crippen LogP contribution in [-0.4, -0.2) is 28.2 Å². The molecule has 1 aliphatic rings. The van der Waals surface area contributed by atoms with E-state index in [0.717, 1.165) is 0 Å². The number of halogens is 1. The van der Waals surface area contributed by atoms with Gasteiger partial charge in [0.05, 0.1) is 12.3 Å². The Balaban J connectivity index is 1.84. The first-order chi connectivity index (χ1) is 14.5. The molecule has 0 aliphatic carbocycles. The molecule has 1 aromatic carbocycles. The number of aryl methyl sites for hydroxylation is 1. The Labute approximate surface area is 172 Å². The Morgan fingerprint density at radius 2 is 2.13 bits per heavy atom. The van der Waals surface area contributed by atoms with Crippen LogP contribution in [0, 0.1) is 17.1 Å².